The van der Waals surface area contributed by atoms with Gasteiger partial charge in [0, 0.05) is 6.42 Å². The lowest BCUT2D eigenvalue weighted by molar-refractivity contribution is -0.115. The summed E-state index contributed by atoms with van der Waals surface area (Å²) in [7, 11) is 0. The molecule has 0 aromatic heterocycles. The summed E-state index contributed by atoms with van der Waals surface area (Å²) in [6, 6.07) is 0. The summed E-state index contributed by atoms with van der Waals surface area (Å²) in [6.45, 7) is 2.42. The molecule has 0 saturated heterocycles. The second kappa shape index (κ2) is 4.30. The molecular weight excluding hydrogens is 248 g/mol. The Balaban J connectivity index is 1.70. The van der Waals surface area contributed by atoms with Crippen LogP contribution in [0.4, 0.5) is 0 Å². The topological polar surface area (TPSA) is 37.3 Å². The average Bonchev–Trinajstić information content (AvgIpc) is 2.78. The molecule has 0 aromatic carbocycles. The number of hydrogen-bond acceptors (Lipinski definition) is 2. The summed E-state index contributed by atoms with van der Waals surface area (Å²) in [6.07, 6.45) is 11.3. The van der Waals surface area contributed by atoms with E-state index in [-0.39, 0.29) is 11.5 Å². The third-order valence-electron chi connectivity index (χ3n) is 6.65. The Bertz CT molecular complexity index is 516. The fourth-order valence-electron chi connectivity index (χ4n) is 5.51. The molecule has 0 aliphatic heterocycles. The zero-order chi connectivity index (χ0) is 13.9. The number of rotatable bonds is 0. The Morgan fingerprint density at radius 2 is 2.15 bits per heavy atom. The van der Waals surface area contributed by atoms with Gasteiger partial charge in [-0.3, -0.25) is 4.79 Å². The standard InChI is InChI=1S/C18H24O2/c1-18-7-6-14(20)10-12(18)2-4-16-15-5-3-13(19)8-11(15)9-17(16)18/h2,8,14-17,20H,3-7,9-10H2,1H3/t14-,15+,16+,17-,18-/m0/s1. The number of hydrogen-bond donors (Lipinski definition) is 1. The van der Waals surface area contributed by atoms with Crippen molar-refractivity contribution >= 4 is 5.78 Å². The summed E-state index contributed by atoms with van der Waals surface area (Å²) in [4.78, 5) is 11.7. The minimum absolute atomic E-state index is 0.129. The van der Waals surface area contributed by atoms with Crippen molar-refractivity contribution in [3.63, 3.8) is 0 Å². The van der Waals surface area contributed by atoms with Gasteiger partial charge in [0.05, 0.1) is 6.10 Å². The first-order chi connectivity index (χ1) is 9.58. The first-order valence-electron chi connectivity index (χ1n) is 8.19. The minimum atomic E-state index is -0.129. The summed E-state index contributed by atoms with van der Waals surface area (Å²) in [5, 5.41) is 9.95. The summed E-state index contributed by atoms with van der Waals surface area (Å²) < 4.78 is 0. The SMILES string of the molecule is C[C@]12CC[C@H](O)CC1=CC[C@@H]1[C@@H]3CCC(=O)C=C3C[C@@H]12. The highest BCUT2D eigenvalue weighted by Gasteiger charge is 2.53. The second-order valence-corrected chi connectivity index (χ2v) is 7.58. The van der Waals surface area contributed by atoms with E-state index in [0.29, 0.717) is 17.6 Å². The van der Waals surface area contributed by atoms with Crippen LogP contribution < -0.4 is 0 Å². The monoisotopic (exact) mass is 272 g/mol. The van der Waals surface area contributed by atoms with Crippen molar-refractivity contribution in [2.45, 2.75) is 58.0 Å². The van der Waals surface area contributed by atoms with E-state index < -0.39 is 0 Å². The molecule has 0 aromatic rings. The Kier molecular flexibility index (Phi) is 2.76. The molecule has 108 valence electrons. The molecule has 2 nitrogen and oxygen atoms in total. The summed E-state index contributed by atoms with van der Waals surface area (Å²) >= 11 is 0. The fraction of sp³-hybridized carbons (Fsp3) is 0.722. The fourth-order valence-corrected chi connectivity index (χ4v) is 5.51. The van der Waals surface area contributed by atoms with Crippen molar-refractivity contribution in [2.24, 2.45) is 23.2 Å². The number of carbonyl (C=O) groups is 1. The smallest absolute Gasteiger partial charge is 0.155 e. The summed E-state index contributed by atoms with van der Waals surface area (Å²) in [5.41, 5.74) is 3.23. The van der Waals surface area contributed by atoms with Gasteiger partial charge in [0.1, 0.15) is 0 Å². The van der Waals surface area contributed by atoms with Crippen LogP contribution in [0.25, 0.3) is 0 Å². The number of aliphatic hydroxyl groups excluding tert-OH is 1. The molecule has 2 saturated carbocycles. The molecule has 0 spiro atoms. The zero-order valence-electron chi connectivity index (χ0n) is 12.3. The molecule has 5 atom stereocenters. The summed E-state index contributed by atoms with van der Waals surface area (Å²) in [5.74, 6) is 2.46. The van der Waals surface area contributed by atoms with E-state index in [1.54, 1.807) is 0 Å². The van der Waals surface area contributed by atoms with Gasteiger partial charge >= 0.3 is 0 Å². The molecule has 2 fully saturated rings. The van der Waals surface area contributed by atoms with Crippen LogP contribution in [0.5, 0.6) is 0 Å². The van der Waals surface area contributed by atoms with Crippen LogP contribution in [-0.2, 0) is 4.79 Å². The Labute approximate surface area is 120 Å². The molecule has 4 rings (SSSR count). The van der Waals surface area contributed by atoms with E-state index in [9.17, 15) is 9.90 Å². The average molecular weight is 272 g/mol. The van der Waals surface area contributed by atoms with Crippen molar-refractivity contribution in [3.8, 4) is 0 Å². The van der Waals surface area contributed by atoms with Crippen LogP contribution in [-0.4, -0.2) is 17.0 Å². The molecular formula is C18H24O2. The third-order valence-corrected chi connectivity index (χ3v) is 6.65. The van der Waals surface area contributed by atoms with E-state index >= 15 is 0 Å². The first kappa shape index (κ1) is 12.8. The quantitative estimate of drug-likeness (QED) is 0.686. The second-order valence-electron chi connectivity index (χ2n) is 7.58. The van der Waals surface area contributed by atoms with Crippen LogP contribution in [0.3, 0.4) is 0 Å². The van der Waals surface area contributed by atoms with Gasteiger partial charge in [-0.2, -0.15) is 0 Å². The molecule has 0 heterocycles. The minimum Gasteiger partial charge on any atom is -0.393 e. The lowest BCUT2D eigenvalue weighted by Gasteiger charge is -2.48. The third kappa shape index (κ3) is 1.70. The van der Waals surface area contributed by atoms with Crippen LogP contribution in [0.1, 0.15) is 51.9 Å². The highest BCUT2D eigenvalue weighted by molar-refractivity contribution is 5.91. The molecule has 1 N–H and O–H groups in total. The van der Waals surface area contributed by atoms with Gasteiger partial charge in [-0.25, -0.2) is 0 Å². The Hall–Kier alpha value is -0.890. The van der Waals surface area contributed by atoms with E-state index in [1.807, 2.05) is 6.08 Å². The van der Waals surface area contributed by atoms with Crippen LogP contribution in [0, 0.1) is 23.2 Å². The molecule has 20 heavy (non-hydrogen) atoms. The molecule has 4 aliphatic rings. The van der Waals surface area contributed by atoms with Crippen LogP contribution in [0.2, 0.25) is 0 Å². The van der Waals surface area contributed by atoms with E-state index in [2.05, 4.69) is 13.0 Å². The van der Waals surface area contributed by atoms with Crippen molar-refractivity contribution < 1.29 is 9.90 Å². The van der Waals surface area contributed by atoms with Gasteiger partial charge < -0.3 is 5.11 Å². The predicted octanol–water partition coefficient (Wildman–Crippen LogP) is 3.41. The van der Waals surface area contributed by atoms with E-state index in [0.717, 1.165) is 44.4 Å². The lowest BCUT2D eigenvalue weighted by Crippen LogP contribution is -2.41. The lowest BCUT2D eigenvalue weighted by atomic mass is 9.57. The molecule has 0 amide bonds. The predicted molar refractivity (Wildman–Crippen MR) is 78.1 cm³/mol. The number of allylic oxidation sites excluding steroid dienone is 3. The number of fused-ring (bicyclic) bond motifs is 5. The van der Waals surface area contributed by atoms with Crippen LogP contribution >= 0.6 is 0 Å². The normalized spacial score (nSPS) is 47.0. The van der Waals surface area contributed by atoms with Gasteiger partial charge in [-0.1, -0.05) is 24.1 Å². The van der Waals surface area contributed by atoms with E-state index in [1.165, 1.54) is 17.6 Å². The van der Waals surface area contributed by atoms with Crippen LogP contribution in [0.15, 0.2) is 23.3 Å². The van der Waals surface area contributed by atoms with Gasteiger partial charge in [0.2, 0.25) is 0 Å². The van der Waals surface area contributed by atoms with Crippen molar-refractivity contribution in [1.29, 1.82) is 0 Å². The number of ketones is 1. The maximum atomic E-state index is 11.7. The Morgan fingerprint density at radius 1 is 1.30 bits per heavy atom. The van der Waals surface area contributed by atoms with Crippen molar-refractivity contribution in [1.82, 2.24) is 0 Å². The molecule has 0 radical (unpaired) electrons. The largest absolute Gasteiger partial charge is 0.393 e. The molecule has 0 unspecified atom stereocenters. The Morgan fingerprint density at radius 3 is 3.00 bits per heavy atom. The molecule has 4 aliphatic carbocycles. The van der Waals surface area contributed by atoms with E-state index in [4.69, 9.17) is 0 Å². The highest BCUT2D eigenvalue weighted by Crippen LogP contribution is 2.61. The first-order valence-corrected chi connectivity index (χ1v) is 8.19. The van der Waals surface area contributed by atoms with Gasteiger partial charge in [0.15, 0.2) is 5.78 Å². The molecule has 0 bridgehead atoms. The zero-order valence-corrected chi connectivity index (χ0v) is 12.3. The molecule has 2 heteroatoms. The highest BCUT2D eigenvalue weighted by atomic mass is 16.3. The van der Waals surface area contributed by atoms with Gasteiger partial charge in [-0.15, -0.1) is 0 Å². The van der Waals surface area contributed by atoms with Crippen molar-refractivity contribution in [2.75, 3.05) is 0 Å². The van der Waals surface area contributed by atoms with Gasteiger partial charge in [-0.05, 0) is 67.8 Å². The number of carbonyl (C=O) groups excluding carboxylic acids is 1. The number of aliphatic hydroxyl groups is 1. The van der Waals surface area contributed by atoms with Gasteiger partial charge in [0.25, 0.3) is 0 Å². The van der Waals surface area contributed by atoms with Crippen molar-refractivity contribution in [3.05, 3.63) is 23.3 Å². The maximum absolute atomic E-state index is 11.7. The maximum Gasteiger partial charge on any atom is 0.155 e.